The topological polar surface area (TPSA) is 68.9 Å². The van der Waals surface area contributed by atoms with Crippen LogP contribution in [0.25, 0.3) is 0 Å². The number of nitrogens with zero attached hydrogens (tertiary/aromatic N) is 1. The van der Waals surface area contributed by atoms with Crippen molar-refractivity contribution in [3.63, 3.8) is 0 Å². The fraction of sp³-hybridized carbons (Fsp3) is 0.917. The lowest BCUT2D eigenvalue weighted by atomic mass is 10.2. The van der Waals surface area contributed by atoms with E-state index in [-0.39, 0.29) is 24.0 Å². The highest BCUT2D eigenvalue weighted by molar-refractivity contribution is 14.0. The fourth-order valence-corrected chi connectivity index (χ4v) is 1.13. The molecule has 18 heavy (non-hydrogen) atoms. The molecule has 0 unspecified atom stereocenters. The Kier molecular flexibility index (Phi) is 16.8. The molecule has 0 aromatic rings. The van der Waals surface area contributed by atoms with Gasteiger partial charge in [0.1, 0.15) is 0 Å². The van der Waals surface area contributed by atoms with Crippen LogP contribution in [0.4, 0.5) is 0 Å². The monoisotopic (exact) mass is 373 g/mol. The van der Waals surface area contributed by atoms with Crippen LogP contribution in [0.3, 0.4) is 0 Å². The van der Waals surface area contributed by atoms with Crippen LogP contribution in [-0.4, -0.2) is 46.0 Å². The van der Waals surface area contributed by atoms with E-state index in [9.17, 15) is 0 Å². The summed E-state index contributed by atoms with van der Waals surface area (Å²) in [5.41, 5.74) is 5.69. The second kappa shape index (κ2) is 15.0. The SMILES string of the molecule is COCCOCCCCNC(N)=NCC(C)C.I. The molecule has 0 radical (unpaired) electrons. The van der Waals surface area contributed by atoms with Gasteiger partial charge in [-0.15, -0.1) is 24.0 Å². The highest BCUT2D eigenvalue weighted by atomic mass is 127. The van der Waals surface area contributed by atoms with Crippen molar-refractivity contribution in [1.82, 2.24) is 5.32 Å². The van der Waals surface area contributed by atoms with Gasteiger partial charge in [0.25, 0.3) is 0 Å². The first-order valence-corrected chi connectivity index (χ1v) is 6.27. The van der Waals surface area contributed by atoms with Gasteiger partial charge in [-0.05, 0) is 18.8 Å². The van der Waals surface area contributed by atoms with E-state index in [1.807, 2.05) is 0 Å². The Morgan fingerprint density at radius 1 is 1.22 bits per heavy atom. The van der Waals surface area contributed by atoms with Crippen molar-refractivity contribution < 1.29 is 9.47 Å². The third-order valence-electron chi connectivity index (χ3n) is 2.08. The molecule has 0 saturated carbocycles. The molecule has 0 atom stereocenters. The van der Waals surface area contributed by atoms with Crippen LogP contribution in [0.2, 0.25) is 0 Å². The number of hydrogen-bond donors (Lipinski definition) is 2. The maximum atomic E-state index is 5.69. The molecule has 0 bridgehead atoms. The molecule has 0 rings (SSSR count). The van der Waals surface area contributed by atoms with Crippen molar-refractivity contribution in [2.24, 2.45) is 16.6 Å². The summed E-state index contributed by atoms with van der Waals surface area (Å²) in [5.74, 6) is 1.09. The van der Waals surface area contributed by atoms with E-state index in [0.717, 1.165) is 32.5 Å². The Bertz CT molecular complexity index is 202. The Labute approximate surface area is 128 Å². The molecule has 0 aliphatic carbocycles. The molecule has 0 amide bonds. The summed E-state index contributed by atoms with van der Waals surface area (Å²) in [6.07, 6.45) is 2.05. The van der Waals surface area contributed by atoms with Gasteiger partial charge in [0, 0.05) is 26.8 Å². The molecule has 0 aromatic carbocycles. The summed E-state index contributed by atoms with van der Waals surface area (Å²) in [6.45, 7) is 7.96. The highest BCUT2D eigenvalue weighted by Gasteiger charge is 1.94. The molecule has 0 aliphatic heterocycles. The van der Waals surface area contributed by atoms with Crippen LogP contribution in [0.5, 0.6) is 0 Å². The van der Waals surface area contributed by atoms with Crippen LogP contribution >= 0.6 is 24.0 Å². The molecule has 6 heteroatoms. The summed E-state index contributed by atoms with van der Waals surface area (Å²) in [4.78, 5) is 4.22. The summed E-state index contributed by atoms with van der Waals surface area (Å²) >= 11 is 0. The number of methoxy groups -OCH3 is 1. The fourth-order valence-electron chi connectivity index (χ4n) is 1.13. The zero-order valence-corrected chi connectivity index (χ0v) is 14.1. The van der Waals surface area contributed by atoms with Crippen molar-refractivity contribution in [3.8, 4) is 0 Å². The standard InChI is InChI=1S/C12H27N3O2.HI/c1-11(2)10-15-12(13)14-6-4-5-7-17-9-8-16-3;/h11H,4-10H2,1-3H3,(H3,13,14,15);1H. The van der Waals surface area contributed by atoms with Crippen molar-refractivity contribution in [2.45, 2.75) is 26.7 Å². The van der Waals surface area contributed by atoms with Gasteiger partial charge < -0.3 is 20.5 Å². The quantitative estimate of drug-likeness (QED) is 0.264. The number of nitrogens with two attached hydrogens (primary N) is 1. The van der Waals surface area contributed by atoms with Crippen LogP contribution in [-0.2, 0) is 9.47 Å². The molecule has 0 heterocycles. The van der Waals surface area contributed by atoms with Gasteiger partial charge in [0.05, 0.1) is 13.2 Å². The summed E-state index contributed by atoms with van der Waals surface area (Å²) in [5, 5.41) is 3.09. The molecule has 0 fully saturated rings. The van der Waals surface area contributed by atoms with Gasteiger partial charge in [-0.1, -0.05) is 13.8 Å². The third kappa shape index (κ3) is 15.9. The van der Waals surface area contributed by atoms with E-state index >= 15 is 0 Å². The van der Waals surface area contributed by atoms with Crippen LogP contribution in [0, 0.1) is 5.92 Å². The maximum absolute atomic E-state index is 5.69. The average Bonchev–Trinajstić information content (AvgIpc) is 2.30. The van der Waals surface area contributed by atoms with Gasteiger partial charge in [-0.3, -0.25) is 4.99 Å². The molecule has 0 aliphatic rings. The summed E-state index contributed by atoms with van der Waals surface area (Å²) in [6, 6.07) is 0. The van der Waals surface area contributed by atoms with E-state index in [1.165, 1.54) is 0 Å². The number of guanidine groups is 1. The number of unbranched alkanes of at least 4 members (excludes halogenated alkanes) is 1. The first-order valence-electron chi connectivity index (χ1n) is 6.27. The van der Waals surface area contributed by atoms with Crippen molar-refractivity contribution >= 4 is 29.9 Å². The molecule has 5 nitrogen and oxygen atoms in total. The molecule has 0 aromatic heterocycles. The molecular formula is C12H28IN3O2. The van der Waals surface area contributed by atoms with E-state index < -0.39 is 0 Å². The normalized spacial score (nSPS) is 11.4. The predicted molar refractivity (Wildman–Crippen MR) is 86.7 cm³/mol. The Morgan fingerprint density at radius 3 is 2.56 bits per heavy atom. The van der Waals surface area contributed by atoms with Gasteiger partial charge in [0.2, 0.25) is 0 Å². The summed E-state index contributed by atoms with van der Waals surface area (Å²) in [7, 11) is 1.67. The summed E-state index contributed by atoms with van der Waals surface area (Å²) < 4.78 is 10.2. The zero-order valence-electron chi connectivity index (χ0n) is 11.8. The second-order valence-electron chi connectivity index (χ2n) is 4.36. The van der Waals surface area contributed by atoms with Crippen LogP contribution in [0.1, 0.15) is 26.7 Å². The third-order valence-corrected chi connectivity index (χ3v) is 2.08. The minimum Gasteiger partial charge on any atom is -0.382 e. The van der Waals surface area contributed by atoms with Crippen molar-refractivity contribution in [2.75, 3.05) is 40.0 Å². The van der Waals surface area contributed by atoms with E-state index in [4.69, 9.17) is 15.2 Å². The molecule has 0 spiro atoms. The Hall–Kier alpha value is -0.0800. The van der Waals surface area contributed by atoms with Crippen molar-refractivity contribution in [1.29, 1.82) is 0 Å². The average molecular weight is 373 g/mol. The second-order valence-corrected chi connectivity index (χ2v) is 4.36. The van der Waals surface area contributed by atoms with E-state index in [2.05, 4.69) is 24.2 Å². The molecule has 0 saturated heterocycles. The molecular weight excluding hydrogens is 345 g/mol. The lowest BCUT2D eigenvalue weighted by molar-refractivity contribution is 0.0689. The highest BCUT2D eigenvalue weighted by Crippen LogP contribution is 1.91. The first kappa shape index (κ1) is 20.2. The largest absolute Gasteiger partial charge is 0.382 e. The number of rotatable bonds is 10. The number of aliphatic imine (C=N–C) groups is 1. The van der Waals surface area contributed by atoms with Gasteiger partial charge >= 0.3 is 0 Å². The molecule has 3 N–H and O–H groups in total. The number of ether oxygens (including phenoxy) is 2. The Morgan fingerprint density at radius 2 is 1.94 bits per heavy atom. The van der Waals surface area contributed by atoms with Gasteiger partial charge in [-0.25, -0.2) is 0 Å². The van der Waals surface area contributed by atoms with Crippen LogP contribution in [0.15, 0.2) is 4.99 Å². The van der Waals surface area contributed by atoms with Gasteiger partial charge in [-0.2, -0.15) is 0 Å². The predicted octanol–water partition coefficient (Wildman–Crippen LogP) is 1.61. The van der Waals surface area contributed by atoms with E-state index in [1.54, 1.807) is 7.11 Å². The minimum atomic E-state index is 0. The first-order chi connectivity index (χ1) is 8.16. The lowest BCUT2D eigenvalue weighted by Gasteiger charge is -2.07. The van der Waals surface area contributed by atoms with Crippen molar-refractivity contribution in [3.05, 3.63) is 0 Å². The number of nitrogens with one attached hydrogen (secondary N) is 1. The maximum Gasteiger partial charge on any atom is 0.188 e. The number of halogens is 1. The smallest absolute Gasteiger partial charge is 0.188 e. The molecule has 110 valence electrons. The Balaban J connectivity index is 0. The lowest BCUT2D eigenvalue weighted by Crippen LogP contribution is -2.32. The number of hydrogen-bond acceptors (Lipinski definition) is 3. The van der Waals surface area contributed by atoms with Crippen LogP contribution < -0.4 is 11.1 Å². The van der Waals surface area contributed by atoms with E-state index in [0.29, 0.717) is 25.1 Å². The minimum absolute atomic E-state index is 0. The zero-order chi connectivity index (χ0) is 12.9. The van der Waals surface area contributed by atoms with Gasteiger partial charge in [0.15, 0.2) is 5.96 Å².